The Morgan fingerprint density at radius 3 is 2.94 bits per heavy atom. The molecule has 1 aromatic carbocycles. The molecule has 0 fully saturated rings. The lowest BCUT2D eigenvalue weighted by molar-refractivity contribution is 0.104. The van der Waals surface area contributed by atoms with Gasteiger partial charge in [0, 0.05) is 33.6 Å². The van der Waals surface area contributed by atoms with Crippen LogP contribution in [0.5, 0.6) is 0 Å². The Balaban J connectivity index is 2.18. The van der Waals surface area contributed by atoms with E-state index in [1.54, 1.807) is 24.4 Å². The number of hydrogen-bond donors (Lipinski definition) is 1. The number of benzene rings is 1. The molecule has 3 aromatic rings. The fourth-order valence-electron chi connectivity index (χ4n) is 1.93. The molecule has 18 heavy (non-hydrogen) atoms. The van der Waals surface area contributed by atoms with Crippen molar-refractivity contribution in [2.24, 2.45) is 0 Å². The maximum atomic E-state index is 12.3. The highest BCUT2D eigenvalue weighted by molar-refractivity contribution is 7.08. The molecule has 0 aliphatic heterocycles. The Labute approximate surface area is 107 Å². The first-order chi connectivity index (χ1) is 8.79. The van der Waals surface area contributed by atoms with Gasteiger partial charge in [0.15, 0.2) is 5.78 Å². The van der Waals surface area contributed by atoms with Crippen LogP contribution in [0.1, 0.15) is 21.5 Å². The van der Waals surface area contributed by atoms with Crippen LogP contribution in [0.2, 0.25) is 0 Å². The molecular weight excluding hydrogens is 244 g/mol. The number of nitriles is 1. The van der Waals surface area contributed by atoms with Crippen molar-refractivity contribution < 1.29 is 4.79 Å². The van der Waals surface area contributed by atoms with Crippen molar-refractivity contribution in [2.45, 2.75) is 0 Å². The second-order valence-corrected chi connectivity index (χ2v) is 4.70. The van der Waals surface area contributed by atoms with Gasteiger partial charge in [0.05, 0.1) is 11.6 Å². The molecule has 0 amide bonds. The van der Waals surface area contributed by atoms with Crippen molar-refractivity contribution in [3.05, 3.63) is 57.9 Å². The number of nitrogens with zero attached hydrogens (tertiary/aromatic N) is 1. The van der Waals surface area contributed by atoms with Crippen molar-refractivity contribution in [3.8, 4) is 6.07 Å². The zero-order valence-electron chi connectivity index (χ0n) is 9.31. The van der Waals surface area contributed by atoms with Gasteiger partial charge in [-0.1, -0.05) is 0 Å². The first-order valence-corrected chi connectivity index (χ1v) is 6.32. The number of carbonyl (C=O) groups is 1. The van der Waals surface area contributed by atoms with Gasteiger partial charge in [-0.2, -0.15) is 16.6 Å². The average molecular weight is 252 g/mol. The van der Waals surface area contributed by atoms with Gasteiger partial charge >= 0.3 is 0 Å². The maximum absolute atomic E-state index is 12.3. The van der Waals surface area contributed by atoms with Crippen molar-refractivity contribution in [1.82, 2.24) is 4.98 Å². The van der Waals surface area contributed by atoms with Crippen LogP contribution in [0.25, 0.3) is 10.9 Å². The number of H-pyrrole nitrogens is 1. The van der Waals surface area contributed by atoms with Crippen LogP contribution in [-0.2, 0) is 0 Å². The molecule has 0 bridgehead atoms. The lowest BCUT2D eigenvalue weighted by Gasteiger charge is -1.97. The summed E-state index contributed by atoms with van der Waals surface area (Å²) in [7, 11) is 0. The van der Waals surface area contributed by atoms with E-state index in [1.807, 2.05) is 16.8 Å². The van der Waals surface area contributed by atoms with E-state index in [0.717, 1.165) is 10.9 Å². The number of ketones is 1. The van der Waals surface area contributed by atoms with E-state index < -0.39 is 0 Å². The molecule has 0 atom stereocenters. The minimum atomic E-state index is -0.0161. The molecule has 0 radical (unpaired) electrons. The van der Waals surface area contributed by atoms with E-state index in [0.29, 0.717) is 16.7 Å². The summed E-state index contributed by atoms with van der Waals surface area (Å²) in [6.45, 7) is 0. The fraction of sp³-hybridized carbons (Fsp3) is 0. The van der Waals surface area contributed by atoms with Crippen LogP contribution in [0, 0.1) is 11.3 Å². The Hall–Kier alpha value is -2.38. The molecule has 0 aliphatic carbocycles. The number of aromatic nitrogens is 1. The Morgan fingerprint density at radius 2 is 2.22 bits per heavy atom. The molecule has 3 nitrogen and oxygen atoms in total. The maximum Gasteiger partial charge on any atom is 0.196 e. The zero-order chi connectivity index (χ0) is 12.5. The number of carbonyl (C=O) groups excluding carboxylic acids is 1. The van der Waals surface area contributed by atoms with E-state index in [-0.39, 0.29) is 5.78 Å². The third kappa shape index (κ3) is 1.62. The number of hydrogen-bond acceptors (Lipinski definition) is 3. The molecule has 86 valence electrons. The predicted molar refractivity (Wildman–Crippen MR) is 70.8 cm³/mol. The lowest BCUT2D eigenvalue weighted by atomic mass is 10.0. The van der Waals surface area contributed by atoms with Crippen LogP contribution in [-0.4, -0.2) is 10.8 Å². The molecule has 0 unspecified atom stereocenters. The number of nitrogens with one attached hydrogen (secondary N) is 1. The van der Waals surface area contributed by atoms with Crippen LogP contribution in [0.3, 0.4) is 0 Å². The minimum absolute atomic E-state index is 0.0161. The summed E-state index contributed by atoms with van der Waals surface area (Å²) in [5.74, 6) is -0.0161. The van der Waals surface area contributed by atoms with Gasteiger partial charge in [-0.25, -0.2) is 0 Å². The Kier molecular flexibility index (Phi) is 2.47. The summed E-state index contributed by atoms with van der Waals surface area (Å²) in [6, 6.07) is 9.19. The van der Waals surface area contributed by atoms with Gasteiger partial charge < -0.3 is 4.98 Å². The summed E-state index contributed by atoms with van der Waals surface area (Å²) < 4.78 is 0. The van der Waals surface area contributed by atoms with Crippen LogP contribution < -0.4 is 0 Å². The topological polar surface area (TPSA) is 56.6 Å². The second-order valence-electron chi connectivity index (χ2n) is 3.92. The minimum Gasteiger partial charge on any atom is -0.360 e. The number of fused-ring (bicyclic) bond motifs is 1. The number of rotatable bonds is 2. The second kappa shape index (κ2) is 4.13. The highest BCUT2D eigenvalue weighted by Crippen LogP contribution is 2.23. The zero-order valence-corrected chi connectivity index (χ0v) is 10.1. The molecule has 1 N–H and O–H groups in total. The van der Waals surface area contributed by atoms with Crippen molar-refractivity contribution in [2.75, 3.05) is 0 Å². The first kappa shape index (κ1) is 10.8. The smallest absolute Gasteiger partial charge is 0.196 e. The Morgan fingerprint density at radius 1 is 1.33 bits per heavy atom. The van der Waals surface area contributed by atoms with Gasteiger partial charge in [0.1, 0.15) is 0 Å². The van der Waals surface area contributed by atoms with Gasteiger partial charge in [-0.05, 0) is 29.6 Å². The molecular formula is C14H8N2OS. The number of thiophene rings is 1. The standard InChI is InChI=1S/C14H8N2OS/c15-6-9-1-2-13-11(5-9)12(7-16-13)14(17)10-3-4-18-8-10/h1-5,7-8,16H. The highest BCUT2D eigenvalue weighted by atomic mass is 32.1. The van der Waals surface area contributed by atoms with E-state index in [4.69, 9.17) is 5.26 Å². The highest BCUT2D eigenvalue weighted by Gasteiger charge is 2.14. The SMILES string of the molecule is N#Cc1ccc2[nH]cc(C(=O)c3ccsc3)c2c1. The monoisotopic (exact) mass is 252 g/mol. The van der Waals surface area contributed by atoms with Crippen LogP contribution >= 0.6 is 11.3 Å². The molecule has 2 heterocycles. The van der Waals surface area contributed by atoms with Gasteiger partial charge in [-0.3, -0.25) is 4.79 Å². The summed E-state index contributed by atoms with van der Waals surface area (Å²) in [4.78, 5) is 15.3. The molecule has 4 heteroatoms. The summed E-state index contributed by atoms with van der Waals surface area (Å²) in [5.41, 5.74) is 2.72. The molecule has 2 aromatic heterocycles. The van der Waals surface area contributed by atoms with Crippen molar-refractivity contribution in [3.63, 3.8) is 0 Å². The normalized spacial score (nSPS) is 10.4. The van der Waals surface area contributed by atoms with Crippen LogP contribution in [0.15, 0.2) is 41.2 Å². The van der Waals surface area contributed by atoms with Crippen molar-refractivity contribution >= 4 is 28.0 Å². The molecule has 0 saturated heterocycles. The summed E-state index contributed by atoms with van der Waals surface area (Å²) in [5, 5.41) is 13.4. The average Bonchev–Trinajstić information content (AvgIpc) is 3.06. The van der Waals surface area contributed by atoms with Gasteiger partial charge in [0.2, 0.25) is 0 Å². The lowest BCUT2D eigenvalue weighted by Crippen LogP contribution is -1.97. The van der Waals surface area contributed by atoms with E-state index >= 15 is 0 Å². The largest absolute Gasteiger partial charge is 0.360 e. The predicted octanol–water partition coefficient (Wildman–Crippen LogP) is 3.33. The van der Waals surface area contributed by atoms with Crippen LogP contribution in [0.4, 0.5) is 0 Å². The molecule has 0 spiro atoms. The Bertz CT molecular complexity index is 763. The van der Waals surface area contributed by atoms with Gasteiger partial charge in [-0.15, -0.1) is 0 Å². The van der Waals surface area contributed by atoms with E-state index in [9.17, 15) is 4.79 Å². The fourth-order valence-corrected chi connectivity index (χ4v) is 2.56. The summed E-state index contributed by atoms with van der Waals surface area (Å²) >= 11 is 1.49. The van der Waals surface area contributed by atoms with Crippen molar-refractivity contribution in [1.29, 1.82) is 5.26 Å². The number of aromatic amines is 1. The molecule has 0 saturated carbocycles. The van der Waals surface area contributed by atoms with E-state index in [2.05, 4.69) is 11.1 Å². The first-order valence-electron chi connectivity index (χ1n) is 5.38. The quantitative estimate of drug-likeness (QED) is 0.711. The third-order valence-corrected chi connectivity index (χ3v) is 3.52. The van der Waals surface area contributed by atoms with Gasteiger partial charge in [0.25, 0.3) is 0 Å². The molecule has 3 rings (SSSR count). The summed E-state index contributed by atoms with van der Waals surface area (Å²) in [6.07, 6.45) is 1.70. The van der Waals surface area contributed by atoms with E-state index in [1.165, 1.54) is 11.3 Å². The molecule has 0 aliphatic rings. The third-order valence-electron chi connectivity index (χ3n) is 2.84.